The van der Waals surface area contributed by atoms with Gasteiger partial charge in [-0.15, -0.1) is 11.3 Å². The zero-order valence-corrected chi connectivity index (χ0v) is 31.7. The third-order valence-electron chi connectivity index (χ3n) is 9.77. The molecule has 47 heavy (non-hydrogen) atoms. The molecule has 0 radical (unpaired) electrons. The number of rotatable bonds is 25. The van der Waals surface area contributed by atoms with Gasteiger partial charge >= 0.3 is 0 Å². The SMILES string of the molecule is CCCCCCCCCCCCc1ccc(-c2csc(-c3scc(-c4ccc(CCCCCCCCCCCC)cc4)[n+]3C)n2)cc1. The van der Waals surface area contributed by atoms with Gasteiger partial charge in [0.2, 0.25) is 10.7 Å². The highest BCUT2D eigenvalue weighted by molar-refractivity contribution is 7.19. The molecule has 2 nitrogen and oxygen atoms in total. The zero-order valence-electron chi connectivity index (χ0n) is 30.0. The number of hydrogen-bond acceptors (Lipinski definition) is 3. The standard InChI is InChI=1S/C43H63N2S2/c1-4-6-8-10-12-14-16-18-20-22-24-36-26-30-38(31-27-36)40-34-46-42(44-40)43-45(3)41(35-47-43)39-32-28-37(29-33-39)25-23-21-19-17-15-13-11-9-7-5-2/h26-35H,4-25H2,1-3H3/q+1. The van der Waals surface area contributed by atoms with Crippen LogP contribution in [0.4, 0.5) is 0 Å². The molecule has 0 spiro atoms. The molecule has 0 N–H and O–H groups in total. The molecule has 0 bridgehead atoms. The molecule has 0 aliphatic carbocycles. The smallest absolute Gasteiger partial charge is 0.229 e. The number of hydrogen-bond donors (Lipinski definition) is 0. The van der Waals surface area contributed by atoms with E-state index in [-0.39, 0.29) is 0 Å². The van der Waals surface area contributed by atoms with Crippen molar-refractivity contribution in [3.63, 3.8) is 0 Å². The molecule has 0 amide bonds. The van der Waals surface area contributed by atoms with Gasteiger partial charge in [0, 0.05) is 16.5 Å². The molecular formula is C43H63N2S2+. The predicted molar refractivity (Wildman–Crippen MR) is 209 cm³/mol. The van der Waals surface area contributed by atoms with Crippen LogP contribution in [-0.4, -0.2) is 4.98 Å². The molecule has 0 atom stereocenters. The van der Waals surface area contributed by atoms with Gasteiger partial charge in [0.1, 0.15) is 7.05 Å². The van der Waals surface area contributed by atoms with Crippen LogP contribution >= 0.6 is 22.7 Å². The number of thiazole rings is 2. The van der Waals surface area contributed by atoms with Crippen molar-refractivity contribution in [2.24, 2.45) is 7.05 Å². The minimum atomic E-state index is 1.08. The lowest BCUT2D eigenvalue weighted by Crippen LogP contribution is -2.30. The van der Waals surface area contributed by atoms with Crippen LogP contribution in [0.25, 0.3) is 32.5 Å². The Bertz CT molecular complexity index is 1370. The van der Waals surface area contributed by atoms with Crippen molar-refractivity contribution in [2.75, 3.05) is 0 Å². The quantitative estimate of drug-likeness (QED) is 0.0506. The average Bonchev–Trinajstić information content (AvgIpc) is 3.74. The van der Waals surface area contributed by atoms with E-state index in [4.69, 9.17) is 4.98 Å². The van der Waals surface area contributed by atoms with Gasteiger partial charge in [-0.25, -0.2) is 4.98 Å². The number of unbranched alkanes of at least 4 members (excludes halogenated alkanes) is 18. The normalized spacial score (nSPS) is 11.5. The summed E-state index contributed by atoms with van der Waals surface area (Å²) in [5.74, 6) is 0. The monoisotopic (exact) mass is 671 g/mol. The molecule has 2 aromatic carbocycles. The lowest BCUT2D eigenvalue weighted by atomic mass is 10.0. The Morgan fingerprint density at radius 1 is 0.489 bits per heavy atom. The second-order valence-corrected chi connectivity index (χ2v) is 15.5. The maximum Gasteiger partial charge on any atom is 0.298 e. The summed E-state index contributed by atoms with van der Waals surface area (Å²) in [6.07, 6.45) is 30.2. The molecule has 256 valence electrons. The highest BCUT2D eigenvalue weighted by Crippen LogP contribution is 2.32. The van der Waals surface area contributed by atoms with Crippen molar-refractivity contribution in [1.29, 1.82) is 0 Å². The average molecular weight is 672 g/mol. The van der Waals surface area contributed by atoms with Gasteiger partial charge in [0.05, 0.1) is 11.1 Å². The van der Waals surface area contributed by atoms with E-state index in [0.717, 1.165) is 10.7 Å². The van der Waals surface area contributed by atoms with Crippen molar-refractivity contribution >= 4 is 22.7 Å². The van der Waals surface area contributed by atoms with Crippen LogP contribution < -0.4 is 4.57 Å². The van der Waals surface area contributed by atoms with Crippen molar-refractivity contribution in [3.05, 3.63) is 70.4 Å². The van der Waals surface area contributed by atoms with Gasteiger partial charge < -0.3 is 0 Å². The van der Waals surface area contributed by atoms with Crippen LogP contribution in [0.15, 0.2) is 59.3 Å². The topological polar surface area (TPSA) is 16.8 Å². The molecule has 4 heteroatoms. The first kappa shape index (κ1) is 37.5. The molecule has 4 rings (SSSR count). The summed E-state index contributed by atoms with van der Waals surface area (Å²) in [5, 5.41) is 6.83. The maximum atomic E-state index is 5.07. The van der Waals surface area contributed by atoms with Crippen LogP contribution in [0.1, 0.15) is 153 Å². The van der Waals surface area contributed by atoms with Crippen molar-refractivity contribution in [1.82, 2.24) is 4.98 Å². The Morgan fingerprint density at radius 2 is 0.915 bits per heavy atom. The van der Waals surface area contributed by atoms with E-state index >= 15 is 0 Å². The summed E-state index contributed by atoms with van der Waals surface area (Å²) in [6, 6.07) is 18.4. The molecule has 0 fully saturated rings. The number of benzene rings is 2. The largest absolute Gasteiger partial charge is 0.298 e. The first-order valence-electron chi connectivity index (χ1n) is 19.3. The van der Waals surface area contributed by atoms with Crippen LogP contribution in [0.2, 0.25) is 0 Å². The van der Waals surface area contributed by atoms with Crippen molar-refractivity contribution in [3.8, 4) is 32.5 Å². The van der Waals surface area contributed by atoms with Crippen LogP contribution in [0.3, 0.4) is 0 Å². The van der Waals surface area contributed by atoms with Crippen LogP contribution in [-0.2, 0) is 19.9 Å². The molecule has 0 saturated heterocycles. The molecule has 0 unspecified atom stereocenters. The van der Waals surface area contributed by atoms with E-state index in [1.165, 1.54) is 174 Å². The fourth-order valence-corrected chi connectivity index (χ4v) is 8.67. The van der Waals surface area contributed by atoms with E-state index < -0.39 is 0 Å². The maximum absolute atomic E-state index is 5.07. The summed E-state index contributed by atoms with van der Waals surface area (Å²) in [6.45, 7) is 4.59. The molecule has 4 aromatic rings. The van der Waals surface area contributed by atoms with E-state index in [9.17, 15) is 0 Å². The van der Waals surface area contributed by atoms with Gasteiger partial charge in [-0.05, 0) is 48.9 Å². The Hall–Kier alpha value is -2.30. The summed E-state index contributed by atoms with van der Waals surface area (Å²) in [7, 11) is 2.18. The summed E-state index contributed by atoms with van der Waals surface area (Å²) < 4.78 is 2.32. The number of aromatic nitrogens is 2. The molecule has 0 aliphatic heterocycles. The Kier molecular flexibility index (Phi) is 17.8. The molecule has 2 aromatic heterocycles. The molecule has 2 heterocycles. The van der Waals surface area contributed by atoms with E-state index in [1.807, 2.05) is 0 Å². The highest BCUT2D eigenvalue weighted by atomic mass is 32.1. The van der Waals surface area contributed by atoms with Crippen LogP contribution in [0.5, 0.6) is 0 Å². The molecule has 0 saturated carbocycles. The second-order valence-electron chi connectivity index (χ2n) is 13.8. The number of nitrogens with zero attached hydrogens (tertiary/aromatic N) is 2. The minimum Gasteiger partial charge on any atom is -0.229 e. The van der Waals surface area contributed by atoms with E-state index in [1.54, 1.807) is 22.7 Å². The van der Waals surface area contributed by atoms with Crippen LogP contribution in [0, 0.1) is 0 Å². The molecular weight excluding hydrogens is 609 g/mol. The lowest BCUT2D eigenvalue weighted by Gasteiger charge is -2.04. The second kappa shape index (κ2) is 22.4. The Balaban J connectivity index is 1.18. The van der Waals surface area contributed by atoms with Gasteiger partial charge in [0.25, 0.3) is 5.01 Å². The van der Waals surface area contributed by atoms with Gasteiger partial charge in [-0.2, -0.15) is 4.57 Å². The molecule has 0 aliphatic rings. The fourth-order valence-electron chi connectivity index (χ4n) is 6.66. The van der Waals surface area contributed by atoms with Gasteiger partial charge in [-0.1, -0.05) is 177 Å². The Morgan fingerprint density at radius 3 is 1.38 bits per heavy atom. The summed E-state index contributed by atoms with van der Waals surface area (Å²) >= 11 is 3.55. The summed E-state index contributed by atoms with van der Waals surface area (Å²) in [4.78, 5) is 5.07. The Labute approximate surface area is 296 Å². The third kappa shape index (κ3) is 13.3. The third-order valence-corrected chi connectivity index (χ3v) is 11.8. The summed E-state index contributed by atoms with van der Waals surface area (Å²) in [5.41, 5.74) is 7.77. The minimum absolute atomic E-state index is 1.08. The lowest BCUT2D eigenvalue weighted by molar-refractivity contribution is -0.644. The highest BCUT2D eigenvalue weighted by Gasteiger charge is 2.22. The van der Waals surface area contributed by atoms with Crippen molar-refractivity contribution in [2.45, 2.75) is 155 Å². The first-order valence-corrected chi connectivity index (χ1v) is 21.1. The van der Waals surface area contributed by atoms with Gasteiger partial charge in [0.15, 0.2) is 0 Å². The predicted octanol–water partition coefficient (Wildman–Crippen LogP) is 14.0. The van der Waals surface area contributed by atoms with Gasteiger partial charge in [-0.3, -0.25) is 0 Å². The number of aryl methyl sites for hydroxylation is 2. The van der Waals surface area contributed by atoms with Crippen molar-refractivity contribution < 1.29 is 4.57 Å². The zero-order chi connectivity index (χ0) is 32.9. The van der Waals surface area contributed by atoms with E-state index in [2.05, 4.69) is 84.8 Å². The first-order chi connectivity index (χ1) is 23.2. The van der Waals surface area contributed by atoms with E-state index in [0.29, 0.717) is 0 Å². The fraction of sp³-hybridized carbons (Fsp3) is 0.581.